The topological polar surface area (TPSA) is 63.2 Å². The quantitative estimate of drug-likeness (QED) is 0.678. The zero-order valence-corrected chi connectivity index (χ0v) is 14.8. The summed E-state index contributed by atoms with van der Waals surface area (Å²) in [7, 11) is 0. The summed E-state index contributed by atoms with van der Waals surface area (Å²) in [6.45, 7) is 4.43. The van der Waals surface area contributed by atoms with Crippen LogP contribution in [-0.2, 0) is 0 Å². The van der Waals surface area contributed by atoms with Crippen molar-refractivity contribution in [1.29, 1.82) is 0 Å². The number of hydrogen-bond acceptors (Lipinski definition) is 5. The van der Waals surface area contributed by atoms with Crippen LogP contribution in [-0.4, -0.2) is 29.0 Å². The Bertz CT molecular complexity index is 954. The van der Waals surface area contributed by atoms with Crippen LogP contribution in [0.3, 0.4) is 0 Å². The number of carbonyl (C=O) groups excluding carboxylic acids is 1. The van der Waals surface area contributed by atoms with Gasteiger partial charge >= 0.3 is 0 Å². The number of aromatic nitrogens is 1. The molecule has 5 nitrogen and oxygen atoms in total. The average molecular weight is 362 g/mol. The summed E-state index contributed by atoms with van der Waals surface area (Å²) in [5, 5.41) is 8.44. The molecular formula is C17H16ClN3O2S. The second-order valence-electron chi connectivity index (χ2n) is 5.88. The fourth-order valence-electron chi connectivity index (χ4n) is 2.94. The van der Waals surface area contributed by atoms with Crippen LogP contribution in [0.25, 0.3) is 21.0 Å². The Hall–Kier alpha value is -2.05. The molecule has 3 aromatic rings. The van der Waals surface area contributed by atoms with Crippen molar-refractivity contribution in [2.24, 2.45) is 0 Å². The summed E-state index contributed by atoms with van der Waals surface area (Å²) in [5.74, 6) is 0.464. The number of alkyl halides is 1. The van der Waals surface area contributed by atoms with Gasteiger partial charge in [-0.1, -0.05) is 11.6 Å². The Labute approximate surface area is 148 Å². The minimum atomic E-state index is -0.442. The number of halogens is 1. The van der Waals surface area contributed by atoms with Crippen LogP contribution >= 0.6 is 22.9 Å². The highest BCUT2D eigenvalue weighted by Gasteiger charge is 2.24. The van der Waals surface area contributed by atoms with Gasteiger partial charge in [0.1, 0.15) is 4.88 Å². The van der Waals surface area contributed by atoms with Crippen molar-refractivity contribution in [1.82, 2.24) is 10.3 Å². The third-order valence-electron chi connectivity index (χ3n) is 3.95. The smallest absolute Gasteiger partial charge is 0.263 e. The molecule has 2 aromatic heterocycles. The van der Waals surface area contributed by atoms with E-state index in [0.717, 1.165) is 31.6 Å². The number of benzene rings is 1. The number of rotatable bonds is 2. The van der Waals surface area contributed by atoms with Gasteiger partial charge in [0.15, 0.2) is 5.56 Å². The van der Waals surface area contributed by atoms with E-state index in [1.165, 1.54) is 11.3 Å². The molecule has 1 aromatic carbocycles. The van der Waals surface area contributed by atoms with Crippen molar-refractivity contribution in [2.75, 3.05) is 11.9 Å². The zero-order chi connectivity index (χ0) is 16.8. The largest absolute Gasteiger partial charge is 0.458 e. The summed E-state index contributed by atoms with van der Waals surface area (Å²) in [6, 6.07) is 7.81. The molecule has 124 valence electrons. The Morgan fingerprint density at radius 2 is 2.21 bits per heavy atom. The molecule has 1 amide bonds. The lowest BCUT2D eigenvalue weighted by atomic mass is 10.1. The van der Waals surface area contributed by atoms with Crippen LogP contribution in [0.15, 0.2) is 24.3 Å². The average Bonchev–Trinajstić information content (AvgIpc) is 2.84. The highest BCUT2D eigenvalue weighted by molar-refractivity contribution is 7.21. The summed E-state index contributed by atoms with van der Waals surface area (Å²) < 4.78 is 6.52. The second-order valence-corrected chi connectivity index (χ2v) is 7.54. The van der Waals surface area contributed by atoms with Crippen molar-refractivity contribution in [3.05, 3.63) is 29.1 Å². The second kappa shape index (κ2) is 5.79. The van der Waals surface area contributed by atoms with Crippen molar-refractivity contribution >= 4 is 55.5 Å². The van der Waals surface area contributed by atoms with Gasteiger partial charge in [0.25, 0.3) is 5.91 Å². The van der Waals surface area contributed by atoms with E-state index >= 15 is 0 Å². The van der Waals surface area contributed by atoms with Gasteiger partial charge in [0.05, 0.1) is 11.2 Å². The SMILES string of the molecule is CC(Cl)Oc1ccc2c(ccc3sc4c(c32)NC[C@@H](C)NC4=O)n1. The van der Waals surface area contributed by atoms with Gasteiger partial charge in [-0.2, -0.15) is 0 Å². The molecule has 0 bridgehead atoms. The lowest BCUT2D eigenvalue weighted by Gasteiger charge is -2.10. The van der Waals surface area contributed by atoms with Gasteiger partial charge in [-0.3, -0.25) is 4.79 Å². The molecule has 3 heterocycles. The summed E-state index contributed by atoms with van der Waals surface area (Å²) >= 11 is 7.37. The van der Waals surface area contributed by atoms with Gasteiger partial charge < -0.3 is 15.4 Å². The molecule has 2 N–H and O–H groups in total. The number of pyridine rings is 1. The van der Waals surface area contributed by atoms with Crippen LogP contribution in [0.1, 0.15) is 23.5 Å². The van der Waals surface area contributed by atoms with Gasteiger partial charge in [0.2, 0.25) is 5.88 Å². The molecule has 7 heteroatoms. The number of fused-ring (bicyclic) bond motifs is 5. The standard InChI is InChI=1S/C17H16ClN3O2S/c1-8-7-19-15-14-10-3-6-13(23-9(2)18)21-11(10)4-5-12(14)24-16(15)17(22)20-8/h3-6,8-9,19H,7H2,1-2H3,(H,20,22)/t8-,9?/m1/s1. The monoisotopic (exact) mass is 361 g/mol. The van der Waals surface area contributed by atoms with E-state index in [2.05, 4.69) is 15.6 Å². The molecule has 0 saturated heterocycles. The van der Waals surface area contributed by atoms with E-state index in [1.807, 2.05) is 31.2 Å². The number of nitrogens with one attached hydrogen (secondary N) is 2. The Balaban J connectivity index is 1.93. The van der Waals surface area contributed by atoms with Gasteiger partial charge in [-0.25, -0.2) is 4.98 Å². The number of hydrogen-bond donors (Lipinski definition) is 2. The molecule has 0 spiro atoms. The molecule has 0 aliphatic carbocycles. The van der Waals surface area contributed by atoms with Crippen LogP contribution in [0.5, 0.6) is 5.88 Å². The van der Waals surface area contributed by atoms with Crippen molar-refractivity contribution < 1.29 is 9.53 Å². The van der Waals surface area contributed by atoms with Gasteiger partial charge in [-0.15, -0.1) is 11.3 Å². The fraction of sp³-hybridized carbons (Fsp3) is 0.294. The number of anilines is 1. The first-order valence-corrected chi connectivity index (χ1v) is 9.00. The maximum Gasteiger partial charge on any atom is 0.263 e. The van der Waals surface area contributed by atoms with Crippen molar-refractivity contribution in [2.45, 2.75) is 25.5 Å². The Morgan fingerprint density at radius 3 is 3.00 bits per heavy atom. The number of ether oxygens (including phenoxy) is 1. The number of thiophene rings is 1. The van der Waals surface area contributed by atoms with Gasteiger partial charge in [-0.05, 0) is 32.0 Å². The Morgan fingerprint density at radius 1 is 1.38 bits per heavy atom. The van der Waals surface area contributed by atoms with Crippen molar-refractivity contribution in [3.8, 4) is 5.88 Å². The maximum atomic E-state index is 12.4. The molecule has 0 radical (unpaired) electrons. The first-order valence-electron chi connectivity index (χ1n) is 7.74. The van der Waals surface area contributed by atoms with E-state index in [1.54, 1.807) is 6.92 Å². The minimum Gasteiger partial charge on any atom is -0.458 e. The molecule has 1 aliphatic heterocycles. The molecular weight excluding hydrogens is 346 g/mol. The van der Waals surface area contributed by atoms with Crippen LogP contribution < -0.4 is 15.4 Å². The molecule has 4 rings (SSSR count). The Kier molecular flexibility index (Phi) is 3.73. The first kappa shape index (κ1) is 15.5. The zero-order valence-electron chi connectivity index (χ0n) is 13.2. The highest BCUT2D eigenvalue weighted by Crippen LogP contribution is 2.41. The maximum absolute atomic E-state index is 12.4. The number of amides is 1. The third kappa shape index (κ3) is 2.56. The summed E-state index contributed by atoms with van der Waals surface area (Å²) in [5.41, 5.74) is 1.27. The lowest BCUT2D eigenvalue weighted by Crippen LogP contribution is -2.34. The fourth-order valence-corrected chi connectivity index (χ4v) is 4.13. The third-order valence-corrected chi connectivity index (χ3v) is 5.19. The minimum absolute atomic E-state index is 0.0271. The van der Waals surface area contributed by atoms with Crippen LogP contribution in [0.4, 0.5) is 5.69 Å². The summed E-state index contributed by atoms with van der Waals surface area (Å²) in [4.78, 5) is 17.6. The normalized spacial score (nSPS) is 18.6. The van der Waals surface area contributed by atoms with Gasteiger partial charge in [0, 0.05) is 34.1 Å². The van der Waals surface area contributed by atoms with Crippen LogP contribution in [0.2, 0.25) is 0 Å². The van der Waals surface area contributed by atoms with E-state index < -0.39 is 5.56 Å². The molecule has 0 fully saturated rings. The van der Waals surface area contributed by atoms with Crippen LogP contribution in [0, 0.1) is 0 Å². The van der Waals surface area contributed by atoms with Crippen molar-refractivity contribution in [3.63, 3.8) is 0 Å². The summed E-state index contributed by atoms with van der Waals surface area (Å²) in [6.07, 6.45) is 0. The lowest BCUT2D eigenvalue weighted by molar-refractivity contribution is 0.0949. The van der Waals surface area contributed by atoms with E-state index in [9.17, 15) is 4.79 Å². The van der Waals surface area contributed by atoms with E-state index in [-0.39, 0.29) is 11.9 Å². The molecule has 2 atom stereocenters. The first-order chi connectivity index (χ1) is 11.5. The molecule has 0 saturated carbocycles. The molecule has 24 heavy (non-hydrogen) atoms. The molecule has 1 aliphatic rings. The van der Waals surface area contributed by atoms with E-state index in [0.29, 0.717) is 12.4 Å². The van der Waals surface area contributed by atoms with E-state index in [4.69, 9.17) is 16.3 Å². The predicted molar refractivity (Wildman–Crippen MR) is 98.5 cm³/mol. The number of carbonyl (C=O) groups is 1. The highest BCUT2D eigenvalue weighted by atomic mass is 35.5. The predicted octanol–water partition coefficient (Wildman–Crippen LogP) is 3.96. The molecule has 1 unspecified atom stereocenters. The number of nitrogens with zero attached hydrogens (tertiary/aromatic N) is 1.